The summed E-state index contributed by atoms with van der Waals surface area (Å²) in [6.07, 6.45) is 3.75. The molecule has 1 N–H and O–H groups in total. The SMILES string of the molecule is COc1cc(Nc2cccc3oc(C(C)(C)C)nc23)ccc1-n1cnc(C)c1. The number of rotatable bonds is 4. The highest BCUT2D eigenvalue weighted by Gasteiger charge is 2.22. The van der Waals surface area contributed by atoms with E-state index in [4.69, 9.17) is 14.1 Å². The molecule has 2 aromatic carbocycles. The predicted octanol–water partition coefficient (Wildman–Crippen LogP) is 5.37. The van der Waals surface area contributed by atoms with Gasteiger partial charge in [0.25, 0.3) is 0 Å². The van der Waals surface area contributed by atoms with Crippen LogP contribution in [0.15, 0.2) is 53.3 Å². The number of nitrogens with one attached hydrogen (secondary N) is 1. The molecule has 0 aliphatic carbocycles. The number of hydrogen-bond donors (Lipinski definition) is 1. The Morgan fingerprint density at radius 1 is 1.14 bits per heavy atom. The fourth-order valence-electron chi connectivity index (χ4n) is 3.05. The summed E-state index contributed by atoms with van der Waals surface area (Å²) >= 11 is 0. The minimum Gasteiger partial charge on any atom is -0.494 e. The average Bonchev–Trinajstić information content (AvgIpc) is 3.28. The van der Waals surface area contributed by atoms with Gasteiger partial charge in [0.05, 0.1) is 30.5 Å². The molecule has 0 aliphatic rings. The Morgan fingerprint density at radius 3 is 2.64 bits per heavy atom. The van der Waals surface area contributed by atoms with Crippen molar-refractivity contribution in [2.75, 3.05) is 12.4 Å². The lowest BCUT2D eigenvalue weighted by atomic mass is 9.97. The van der Waals surface area contributed by atoms with E-state index in [1.54, 1.807) is 13.4 Å². The fraction of sp³-hybridized carbons (Fsp3) is 0.273. The summed E-state index contributed by atoms with van der Waals surface area (Å²) in [5, 5.41) is 3.44. The summed E-state index contributed by atoms with van der Waals surface area (Å²) < 4.78 is 13.5. The van der Waals surface area contributed by atoms with Crippen LogP contribution in [0.1, 0.15) is 32.4 Å². The molecule has 0 saturated heterocycles. The van der Waals surface area contributed by atoms with Crippen molar-refractivity contribution in [1.82, 2.24) is 14.5 Å². The molecule has 0 fully saturated rings. The van der Waals surface area contributed by atoms with Crippen LogP contribution < -0.4 is 10.1 Å². The van der Waals surface area contributed by atoms with E-state index < -0.39 is 0 Å². The van der Waals surface area contributed by atoms with Crippen LogP contribution in [0.5, 0.6) is 5.75 Å². The Balaban J connectivity index is 1.70. The largest absolute Gasteiger partial charge is 0.494 e. The molecule has 2 aromatic heterocycles. The summed E-state index contributed by atoms with van der Waals surface area (Å²) in [7, 11) is 1.67. The number of methoxy groups -OCH3 is 1. The van der Waals surface area contributed by atoms with E-state index in [1.807, 2.05) is 54.1 Å². The molecule has 0 spiro atoms. The van der Waals surface area contributed by atoms with Crippen LogP contribution in [0.3, 0.4) is 0 Å². The van der Waals surface area contributed by atoms with E-state index >= 15 is 0 Å². The van der Waals surface area contributed by atoms with Crippen LogP contribution >= 0.6 is 0 Å². The molecule has 4 aromatic rings. The van der Waals surface area contributed by atoms with E-state index in [1.165, 1.54) is 0 Å². The quantitative estimate of drug-likeness (QED) is 0.518. The van der Waals surface area contributed by atoms with Crippen molar-refractivity contribution in [3.05, 3.63) is 60.5 Å². The maximum atomic E-state index is 5.95. The van der Waals surface area contributed by atoms with Gasteiger partial charge in [-0.2, -0.15) is 0 Å². The van der Waals surface area contributed by atoms with Crippen LogP contribution in [-0.4, -0.2) is 21.6 Å². The second-order valence-corrected chi connectivity index (χ2v) is 7.86. The van der Waals surface area contributed by atoms with Crippen LogP contribution in [0.2, 0.25) is 0 Å². The van der Waals surface area contributed by atoms with Crippen LogP contribution in [-0.2, 0) is 5.41 Å². The number of aryl methyl sites for hydroxylation is 1. The number of imidazole rings is 1. The highest BCUT2D eigenvalue weighted by molar-refractivity contribution is 5.89. The Bertz CT molecular complexity index is 1140. The Labute approximate surface area is 164 Å². The fourth-order valence-corrected chi connectivity index (χ4v) is 3.05. The van der Waals surface area contributed by atoms with E-state index in [0.29, 0.717) is 0 Å². The first kappa shape index (κ1) is 18.1. The molecule has 0 bridgehead atoms. The van der Waals surface area contributed by atoms with E-state index in [9.17, 15) is 0 Å². The zero-order valence-corrected chi connectivity index (χ0v) is 16.8. The number of benzene rings is 2. The summed E-state index contributed by atoms with van der Waals surface area (Å²) in [5.74, 6) is 1.48. The number of oxazole rings is 1. The number of hydrogen-bond acceptors (Lipinski definition) is 5. The molecule has 2 heterocycles. The van der Waals surface area contributed by atoms with E-state index in [2.05, 4.69) is 31.1 Å². The second kappa shape index (κ2) is 6.71. The van der Waals surface area contributed by atoms with Crippen molar-refractivity contribution < 1.29 is 9.15 Å². The van der Waals surface area contributed by atoms with Gasteiger partial charge in [-0.3, -0.25) is 0 Å². The zero-order valence-electron chi connectivity index (χ0n) is 16.8. The molecule has 0 amide bonds. The molecule has 0 radical (unpaired) electrons. The smallest absolute Gasteiger partial charge is 0.200 e. The monoisotopic (exact) mass is 376 g/mol. The van der Waals surface area contributed by atoms with Gasteiger partial charge in [-0.05, 0) is 31.2 Å². The highest BCUT2D eigenvalue weighted by Crippen LogP contribution is 2.33. The third kappa shape index (κ3) is 3.33. The summed E-state index contributed by atoms with van der Waals surface area (Å²) in [4.78, 5) is 9.01. The molecular formula is C22H24N4O2. The first-order valence-corrected chi connectivity index (χ1v) is 9.21. The molecule has 144 valence electrons. The number of nitrogens with zero attached hydrogens (tertiary/aromatic N) is 3. The van der Waals surface area contributed by atoms with E-state index in [0.717, 1.165) is 45.5 Å². The van der Waals surface area contributed by atoms with Gasteiger partial charge in [0.15, 0.2) is 5.58 Å². The molecule has 0 saturated carbocycles. The maximum Gasteiger partial charge on any atom is 0.200 e. The summed E-state index contributed by atoms with van der Waals surface area (Å²) in [6.45, 7) is 8.23. The number of para-hydroxylation sites is 1. The maximum absolute atomic E-state index is 5.95. The van der Waals surface area contributed by atoms with Gasteiger partial charge in [-0.25, -0.2) is 9.97 Å². The molecule has 4 rings (SSSR count). The highest BCUT2D eigenvalue weighted by atomic mass is 16.5. The van der Waals surface area contributed by atoms with Crippen LogP contribution in [0, 0.1) is 6.92 Å². The van der Waals surface area contributed by atoms with Gasteiger partial charge in [-0.1, -0.05) is 26.8 Å². The molecule has 6 nitrogen and oxygen atoms in total. The minimum atomic E-state index is -0.149. The third-order valence-corrected chi connectivity index (χ3v) is 4.51. The van der Waals surface area contributed by atoms with Gasteiger partial charge < -0.3 is 19.0 Å². The molecule has 6 heteroatoms. The van der Waals surface area contributed by atoms with Crippen molar-refractivity contribution in [3.8, 4) is 11.4 Å². The Morgan fingerprint density at radius 2 is 1.96 bits per heavy atom. The van der Waals surface area contributed by atoms with Crippen molar-refractivity contribution in [2.24, 2.45) is 0 Å². The lowest BCUT2D eigenvalue weighted by Crippen LogP contribution is -2.11. The number of anilines is 2. The van der Waals surface area contributed by atoms with Crippen molar-refractivity contribution in [1.29, 1.82) is 0 Å². The predicted molar refractivity (Wildman–Crippen MR) is 111 cm³/mol. The normalized spacial score (nSPS) is 11.8. The van der Waals surface area contributed by atoms with Crippen LogP contribution in [0.4, 0.5) is 11.4 Å². The lowest BCUT2D eigenvalue weighted by Gasteiger charge is -2.13. The molecule has 0 atom stereocenters. The molecule has 0 unspecified atom stereocenters. The number of aromatic nitrogens is 3. The second-order valence-electron chi connectivity index (χ2n) is 7.86. The molecular weight excluding hydrogens is 352 g/mol. The van der Waals surface area contributed by atoms with Gasteiger partial charge in [0.1, 0.15) is 11.3 Å². The lowest BCUT2D eigenvalue weighted by molar-refractivity contribution is 0.411. The van der Waals surface area contributed by atoms with Gasteiger partial charge in [-0.15, -0.1) is 0 Å². The zero-order chi connectivity index (χ0) is 19.9. The Kier molecular flexibility index (Phi) is 4.34. The standard InChI is InChI=1S/C22H24N4O2/c1-14-12-26(13-23-14)17-10-9-15(11-19(17)27-5)24-16-7-6-8-18-20(16)25-21(28-18)22(2,3)4/h6-13,24H,1-5H3. The minimum absolute atomic E-state index is 0.149. The van der Waals surface area contributed by atoms with Gasteiger partial charge >= 0.3 is 0 Å². The molecule has 28 heavy (non-hydrogen) atoms. The number of fused-ring (bicyclic) bond motifs is 1. The topological polar surface area (TPSA) is 65.1 Å². The summed E-state index contributed by atoms with van der Waals surface area (Å²) in [6, 6.07) is 11.9. The first-order valence-electron chi connectivity index (χ1n) is 9.21. The van der Waals surface area contributed by atoms with Crippen LogP contribution in [0.25, 0.3) is 16.8 Å². The van der Waals surface area contributed by atoms with Crippen molar-refractivity contribution in [2.45, 2.75) is 33.1 Å². The summed E-state index contributed by atoms with van der Waals surface area (Å²) in [5.41, 5.74) is 5.13. The third-order valence-electron chi connectivity index (χ3n) is 4.51. The average molecular weight is 376 g/mol. The van der Waals surface area contributed by atoms with E-state index in [-0.39, 0.29) is 5.41 Å². The van der Waals surface area contributed by atoms with Gasteiger partial charge in [0, 0.05) is 23.4 Å². The molecule has 0 aliphatic heterocycles. The first-order chi connectivity index (χ1) is 13.3. The van der Waals surface area contributed by atoms with Crippen molar-refractivity contribution >= 4 is 22.5 Å². The van der Waals surface area contributed by atoms with Gasteiger partial charge in [0.2, 0.25) is 5.89 Å². The van der Waals surface area contributed by atoms with Crippen molar-refractivity contribution in [3.63, 3.8) is 0 Å². The Hall–Kier alpha value is -3.28. The number of ether oxygens (including phenoxy) is 1.